The third-order valence-corrected chi connectivity index (χ3v) is 4.46. The van der Waals surface area contributed by atoms with Crippen LogP contribution < -0.4 is 5.73 Å². The predicted molar refractivity (Wildman–Crippen MR) is 82.1 cm³/mol. The Morgan fingerprint density at radius 2 is 1.75 bits per heavy atom. The van der Waals surface area contributed by atoms with E-state index in [0.717, 1.165) is 31.5 Å². The van der Waals surface area contributed by atoms with Crippen molar-refractivity contribution in [2.75, 3.05) is 13.1 Å². The van der Waals surface area contributed by atoms with Crippen molar-refractivity contribution in [3.05, 3.63) is 35.9 Å². The van der Waals surface area contributed by atoms with Gasteiger partial charge in [0.25, 0.3) is 0 Å². The Balaban J connectivity index is 1.95. The fourth-order valence-corrected chi connectivity index (χ4v) is 2.97. The van der Waals surface area contributed by atoms with Crippen LogP contribution >= 0.6 is 0 Å². The quantitative estimate of drug-likeness (QED) is 0.901. The second-order valence-electron chi connectivity index (χ2n) is 6.85. The molecule has 1 atom stereocenters. The molecule has 110 valence electrons. The topological polar surface area (TPSA) is 46.3 Å². The van der Waals surface area contributed by atoms with E-state index in [2.05, 4.69) is 20.8 Å². The number of rotatable bonds is 2. The van der Waals surface area contributed by atoms with Gasteiger partial charge < -0.3 is 10.6 Å². The van der Waals surface area contributed by atoms with Crippen molar-refractivity contribution < 1.29 is 4.79 Å². The zero-order valence-electron chi connectivity index (χ0n) is 12.8. The van der Waals surface area contributed by atoms with E-state index in [1.165, 1.54) is 0 Å². The standard InChI is InChI=1S/C17H26N2O/c1-17(2,3)14-9-11-19(12-10-14)16(20)15(18)13-7-5-4-6-8-13/h4-8,14-15H,9-12,18H2,1-3H3. The van der Waals surface area contributed by atoms with Gasteiger partial charge in [-0.25, -0.2) is 0 Å². The van der Waals surface area contributed by atoms with Gasteiger partial charge in [0.1, 0.15) is 6.04 Å². The molecular weight excluding hydrogens is 248 g/mol. The monoisotopic (exact) mass is 274 g/mol. The van der Waals surface area contributed by atoms with Gasteiger partial charge in [-0.15, -0.1) is 0 Å². The largest absolute Gasteiger partial charge is 0.341 e. The Hall–Kier alpha value is -1.35. The van der Waals surface area contributed by atoms with Crippen molar-refractivity contribution in [2.45, 2.75) is 39.7 Å². The maximum atomic E-state index is 12.5. The molecule has 3 heteroatoms. The SMILES string of the molecule is CC(C)(C)C1CCN(C(=O)C(N)c2ccccc2)CC1. The van der Waals surface area contributed by atoms with Crippen LogP contribution in [-0.2, 0) is 4.79 Å². The summed E-state index contributed by atoms with van der Waals surface area (Å²) in [4.78, 5) is 14.4. The molecule has 1 unspecified atom stereocenters. The molecule has 2 rings (SSSR count). The number of carbonyl (C=O) groups is 1. The number of carbonyl (C=O) groups excluding carboxylic acids is 1. The third-order valence-electron chi connectivity index (χ3n) is 4.46. The average molecular weight is 274 g/mol. The maximum absolute atomic E-state index is 12.5. The molecule has 0 radical (unpaired) electrons. The van der Waals surface area contributed by atoms with Crippen LogP contribution in [0.5, 0.6) is 0 Å². The lowest BCUT2D eigenvalue weighted by molar-refractivity contribution is -0.134. The molecule has 1 aliphatic heterocycles. The highest BCUT2D eigenvalue weighted by molar-refractivity contribution is 5.83. The number of likely N-dealkylation sites (tertiary alicyclic amines) is 1. The Labute approximate surface area is 122 Å². The lowest BCUT2D eigenvalue weighted by Gasteiger charge is -2.39. The first-order valence-corrected chi connectivity index (χ1v) is 7.49. The van der Waals surface area contributed by atoms with Gasteiger partial charge in [-0.05, 0) is 29.7 Å². The number of nitrogens with zero attached hydrogens (tertiary/aromatic N) is 1. The number of hydrogen-bond acceptors (Lipinski definition) is 2. The average Bonchev–Trinajstić information content (AvgIpc) is 2.46. The van der Waals surface area contributed by atoms with Gasteiger partial charge in [0, 0.05) is 13.1 Å². The van der Waals surface area contributed by atoms with Crippen LogP contribution in [0.1, 0.15) is 45.2 Å². The van der Waals surface area contributed by atoms with Crippen LogP contribution in [0.2, 0.25) is 0 Å². The van der Waals surface area contributed by atoms with E-state index in [0.29, 0.717) is 11.3 Å². The number of benzene rings is 1. The Morgan fingerprint density at radius 3 is 2.25 bits per heavy atom. The molecule has 3 nitrogen and oxygen atoms in total. The zero-order valence-corrected chi connectivity index (χ0v) is 12.8. The van der Waals surface area contributed by atoms with Crippen LogP contribution in [0.3, 0.4) is 0 Å². The van der Waals surface area contributed by atoms with Crippen molar-refractivity contribution in [2.24, 2.45) is 17.1 Å². The first-order chi connectivity index (χ1) is 9.39. The minimum atomic E-state index is -0.526. The van der Waals surface area contributed by atoms with Gasteiger partial charge in [0.15, 0.2) is 0 Å². The molecule has 20 heavy (non-hydrogen) atoms. The van der Waals surface area contributed by atoms with E-state index in [9.17, 15) is 4.79 Å². The van der Waals surface area contributed by atoms with Crippen LogP contribution in [0, 0.1) is 11.3 Å². The number of piperidine rings is 1. The molecule has 0 spiro atoms. The zero-order chi connectivity index (χ0) is 14.8. The van der Waals surface area contributed by atoms with Gasteiger partial charge in [-0.1, -0.05) is 51.1 Å². The van der Waals surface area contributed by atoms with E-state index in [1.807, 2.05) is 35.2 Å². The van der Waals surface area contributed by atoms with Gasteiger partial charge in [0.2, 0.25) is 5.91 Å². The van der Waals surface area contributed by atoms with Crippen LogP contribution in [-0.4, -0.2) is 23.9 Å². The minimum Gasteiger partial charge on any atom is -0.341 e. The highest BCUT2D eigenvalue weighted by Crippen LogP contribution is 2.34. The molecule has 1 amide bonds. The summed E-state index contributed by atoms with van der Waals surface area (Å²) in [7, 11) is 0. The highest BCUT2D eigenvalue weighted by Gasteiger charge is 2.32. The Morgan fingerprint density at radius 1 is 1.20 bits per heavy atom. The fraction of sp³-hybridized carbons (Fsp3) is 0.588. The van der Waals surface area contributed by atoms with Gasteiger partial charge in [-0.2, -0.15) is 0 Å². The van der Waals surface area contributed by atoms with Crippen molar-refractivity contribution in [1.82, 2.24) is 4.90 Å². The first kappa shape index (κ1) is 15.0. The predicted octanol–water partition coefficient (Wildman–Crippen LogP) is 2.97. The lowest BCUT2D eigenvalue weighted by atomic mass is 9.75. The lowest BCUT2D eigenvalue weighted by Crippen LogP contribution is -2.45. The molecule has 1 aromatic carbocycles. The summed E-state index contributed by atoms with van der Waals surface area (Å²) >= 11 is 0. The molecule has 1 heterocycles. The second-order valence-corrected chi connectivity index (χ2v) is 6.85. The molecule has 1 aromatic rings. The Kier molecular flexibility index (Phi) is 4.48. The second kappa shape index (κ2) is 5.96. The van der Waals surface area contributed by atoms with Gasteiger partial charge in [0.05, 0.1) is 0 Å². The number of hydrogen-bond donors (Lipinski definition) is 1. The first-order valence-electron chi connectivity index (χ1n) is 7.49. The molecule has 1 fully saturated rings. The van der Waals surface area contributed by atoms with Crippen LogP contribution in [0.25, 0.3) is 0 Å². The van der Waals surface area contributed by atoms with E-state index in [4.69, 9.17) is 5.73 Å². The highest BCUT2D eigenvalue weighted by atomic mass is 16.2. The summed E-state index contributed by atoms with van der Waals surface area (Å²) in [5.74, 6) is 0.753. The summed E-state index contributed by atoms with van der Waals surface area (Å²) in [5, 5.41) is 0. The molecular formula is C17H26N2O. The normalized spacial score (nSPS) is 18.9. The molecule has 0 aromatic heterocycles. The summed E-state index contributed by atoms with van der Waals surface area (Å²) in [6, 6.07) is 9.11. The van der Waals surface area contributed by atoms with E-state index in [-0.39, 0.29) is 5.91 Å². The molecule has 0 aliphatic carbocycles. The van der Waals surface area contributed by atoms with E-state index in [1.54, 1.807) is 0 Å². The summed E-state index contributed by atoms with van der Waals surface area (Å²) < 4.78 is 0. The van der Waals surface area contributed by atoms with Crippen LogP contribution in [0.4, 0.5) is 0 Å². The van der Waals surface area contributed by atoms with Gasteiger partial charge in [-0.3, -0.25) is 4.79 Å². The van der Waals surface area contributed by atoms with Crippen LogP contribution in [0.15, 0.2) is 30.3 Å². The molecule has 1 aliphatic rings. The summed E-state index contributed by atoms with van der Waals surface area (Å²) in [5.41, 5.74) is 7.33. The maximum Gasteiger partial charge on any atom is 0.244 e. The number of amides is 1. The Bertz CT molecular complexity index is 442. The van der Waals surface area contributed by atoms with E-state index >= 15 is 0 Å². The smallest absolute Gasteiger partial charge is 0.244 e. The van der Waals surface area contributed by atoms with Crippen molar-refractivity contribution in [3.8, 4) is 0 Å². The molecule has 0 bridgehead atoms. The van der Waals surface area contributed by atoms with E-state index < -0.39 is 6.04 Å². The molecule has 1 saturated heterocycles. The van der Waals surface area contributed by atoms with Gasteiger partial charge >= 0.3 is 0 Å². The minimum absolute atomic E-state index is 0.0589. The molecule has 0 saturated carbocycles. The fourth-order valence-electron chi connectivity index (χ4n) is 2.97. The molecule has 2 N–H and O–H groups in total. The summed E-state index contributed by atoms with van der Waals surface area (Å²) in [6.07, 6.45) is 2.16. The third kappa shape index (κ3) is 3.40. The van der Waals surface area contributed by atoms with Crippen molar-refractivity contribution >= 4 is 5.91 Å². The van der Waals surface area contributed by atoms with Crippen molar-refractivity contribution in [3.63, 3.8) is 0 Å². The van der Waals surface area contributed by atoms with Crippen molar-refractivity contribution in [1.29, 1.82) is 0 Å². The number of nitrogens with two attached hydrogens (primary N) is 1. The summed E-state index contributed by atoms with van der Waals surface area (Å²) in [6.45, 7) is 8.52.